The molecule has 0 saturated heterocycles. The summed E-state index contributed by atoms with van der Waals surface area (Å²) in [6, 6.07) is 3.35. The number of rotatable bonds is 3. The van der Waals surface area contributed by atoms with Gasteiger partial charge in [-0.3, -0.25) is 0 Å². The van der Waals surface area contributed by atoms with E-state index in [1.54, 1.807) is 12.1 Å². The lowest BCUT2D eigenvalue weighted by Crippen LogP contribution is -2.40. The molecule has 1 aromatic heterocycles. The van der Waals surface area contributed by atoms with Gasteiger partial charge in [-0.15, -0.1) is 0 Å². The van der Waals surface area contributed by atoms with Crippen molar-refractivity contribution in [2.75, 3.05) is 0 Å². The molecule has 3 N–H and O–H groups in total. The lowest BCUT2D eigenvalue weighted by Gasteiger charge is -2.15. The van der Waals surface area contributed by atoms with Crippen LogP contribution in [0.4, 0.5) is 0 Å². The summed E-state index contributed by atoms with van der Waals surface area (Å²) >= 11 is 0.972. The minimum atomic E-state index is -1.34. The van der Waals surface area contributed by atoms with Gasteiger partial charge in [0, 0.05) is 0 Å². The molecule has 0 aliphatic carbocycles. The van der Waals surface area contributed by atoms with Crippen molar-refractivity contribution in [2.45, 2.75) is 16.9 Å². The fourth-order valence-electron chi connectivity index (χ4n) is 0.574. The Hall–Kier alpha value is -0.940. The highest BCUT2D eigenvalue weighted by atomic mass is 32.2. The van der Waals surface area contributed by atoms with Gasteiger partial charge in [-0.05, 0) is 19.1 Å². The molecule has 0 unspecified atom stereocenters. The number of hydrogen-bond donors (Lipinski definition) is 2. The van der Waals surface area contributed by atoms with E-state index in [-0.39, 0.29) is 0 Å². The fourth-order valence-corrected chi connectivity index (χ4v) is 1.33. The van der Waals surface area contributed by atoms with E-state index in [9.17, 15) is 4.79 Å². The van der Waals surface area contributed by atoms with Gasteiger partial charge in [0.05, 0.1) is 6.26 Å². The van der Waals surface area contributed by atoms with Crippen LogP contribution in [-0.2, 0) is 4.79 Å². The molecular weight excluding hydrogens is 178 g/mol. The molecule has 66 valence electrons. The Morgan fingerprint density at radius 1 is 1.83 bits per heavy atom. The molecule has 1 atom stereocenters. The number of hydrogen-bond acceptors (Lipinski definition) is 4. The molecular formula is C7H9NO3S. The maximum atomic E-state index is 10.6. The summed E-state index contributed by atoms with van der Waals surface area (Å²) in [5.74, 6) is -1.07. The molecule has 0 saturated carbocycles. The van der Waals surface area contributed by atoms with Crippen LogP contribution in [0.5, 0.6) is 0 Å². The molecule has 5 heteroatoms. The second kappa shape index (κ2) is 3.20. The summed E-state index contributed by atoms with van der Waals surface area (Å²) in [7, 11) is 0. The van der Waals surface area contributed by atoms with Crippen LogP contribution in [0.2, 0.25) is 0 Å². The predicted molar refractivity (Wildman–Crippen MR) is 44.8 cm³/mol. The van der Waals surface area contributed by atoms with Crippen LogP contribution in [0.15, 0.2) is 27.9 Å². The van der Waals surface area contributed by atoms with Gasteiger partial charge in [-0.25, -0.2) is 4.79 Å². The Morgan fingerprint density at radius 2 is 2.50 bits per heavy atom. The SMILES string of the molecule is C[C@@](N)(Sc1ccco1)C(=O)O. The lowest BCUT2D eigenvalue weighted by atomic mass is 10.4. The van der Waals surface area contributed by atoms with E-state index in [2.05, 4.69) is 0 Å². The number of furan rings is 1. The molecule has 0 aliphatic rings. The smallest absolute Gasteiger partial charge is 0.334 e. The highest BCUT2D eigenvalue weighted by Crippen LogP contribution is 2.28. The van der Waals surface area contributed by atoms with Crippen molar-refractivity contribution in [3.05, 3.63) is 18.4 Å². The van der Waals surface area contributed by atoms with Crippen molar-refractivity contribution >= 4 is 17.7 Å². The van der Waals surface area contributed by atoms with Gasteiger partial charge in [0.1, 0.15) is 0 Å². The van der Waals surface area contributed by atoms with E-state index in [0.717, 1.165) is 11.8 Å². The first-order valence-corrected chi connectivity index (χ1v) is 4.09. The summed E-state index contributed by atoms with van der Waals surface area (Å²) in [4.78, 5) is 9.22. The van der Waals surface area contributed by atoms with E-state index in [0.29, 0.717) is 5.09 Å². The second-order valence-electron chi connectivity index (χ2n) is 2.45. The van der Waals surface area contributed by atoms with Gasteiger partial charge in [0.15, 0.2) is 9.96 Å². The van der Waals surface area contributed by atoms with Gasteiger partial charge >= 0.3 is 5.97 Å². The third kappa shape index (κ3) is 2.02. The normalized spacial score (nSPS) is 15.5. The maximum absolute atomic E-state index is 10.6. The first kappa shape index (κ1) is 9.15. The third-order valence-corrected chi connectivity index (χ3v) is 2.26. The average molecular weight is 187 g/mol. The van der Waals surface area contributed by atoms with Crippen molar-refractivity contribution in [2.24, 2.45) is 5.73 Å². The second-order valence-corrected chi connectivity index (χ2v) is 3.90. The minimum Gasteiger partial charge on any atom is -0.479 e. The monoisotopic (exact) mass is 187 g/mol. The largest absolute Gasteiger partial charge is 0.479 e. The average Bonchev–Trinajstić information content (AvgIpc) is 2.38. The van der Waals surface area contributed by atoms with Crippen LogP contribution in [0, 0.1) is 0 Å². The van der Waals surface area contributed by atoms with Crippen LogP contribution in [-0.4, -0.2) is 15.9 Å². The van der Waals surface area contributed by atoms with Gasteiger partial charge in [0.2, 0.25) is 0 Å². The molecule has 0 aliphatic heterocycles. The molecule has 1 aromatic rings. The van der Waals surface area contributed by atoms with Crippen molar-refractivity contribution in [3.63, 3.8) is 0 Å². The van der Waals surface area contributed by atoms with Crippen molar-refractivity contribution in [3.8, 4) is 0 Å². The number of aliphatic carboxylic acids is 1. The van der Waals surface area contributed by atoms with E-state index >= 15 is 0 Å². The maximum Gasteiger partial charge on any atom is 0.334 e. The van der Waals surface area contributed by atoms with Crippen LogP contribution in [0.25, 0.3) is 0 Å². The molecule has 0 aromatic carbocycles. The van der Waals surface area contributed by atoms with Gasteiger partial charge in [-0.2, -0.15) is 0 Å². The number of carbonyl (C=O) groups is 1. The Morgan fingerprint density at radius 3 is 2.92 bits per heavy atom. The van der Waals surface area contributed by atoms with Crippen LogP contribution in [0.3, 0.4) is 0 Å². The highest BCUT2D eigenvalue weighted by Gasteiger charge is 2.30. The zero-order valence-corrected chi connectivity index (χ0v) is 7.30. The molecule has 0 amide bonds. The molecule has 0 fully saturated rings. The standard InChI is InChI=1S/C7H9NO3S/c1-7(8,6(9)10)12-5-3-2-4-11-5/h2-4H,8H2,1H3,(H,9,10)/t7-/m1/s1. The number of carboxylic acid groups (broad SMARTS) is 1. The molecule has 1 rings (SSSR count). The summed E-state index contributed by atoms with van der Waals surface area (Å²) in [5.41, 5.74) is 5.45. The molecule has 12 heavy (non-hydrogen) atoms. The Kier molecular flexibility index (Phi) is 2.44. The molecule has 1 heterocycles. The molecule has 0 radical (unpaired) electrons. The highest BCUT2D eigenvalue weighted by molar-refractivity contribution is 8.01. The Bertz CT molecular complexity index is 268. The zero-order chi connectivity index (χ0) is 9.19. The molecule has 0 spiro atoms. The molecule has 0 bridgehead atoms. The summed E-state index contributed by atoms with van der Waals surface area (Å²) in [6.45, 7) is 1.42. The van der Waals surface area contributed by atoms with Crippen molar-refractivity contribution in [1.29, 1.82) is 0 Å². The molecule has 4 nitrogen and oxygen atoms in total. The third-order valence-electron chi connectivity index (χ3n) is 1.23. The van der Waals surface area contributed by atoms with Crippen molar-refractivity contribution < 1.29 is 14.3 Å². The number of nitrogens with two attached hydrogens (primary N) is 1. The first-order chi connectivity index (χ1) is 5.52. The van der Waals surface area contributed by atoms with Gasteiger partial charge in [0.25, 0.3) is 0 Å². The van der Waals surface area contributed by atoms with Crippen LogP contribution < -0.4 is 5.73 Å². The van der Waals surface area contributed by atoms with Gasteiger partial charge in [-0.1, -0.05) is 11.8 Å². The quantitative estimate of drug-likeness (QED) is 0.548. The minimum absolute atomic E-state index is 0.502. The predicted octanol–water partition coefficient (Wildman–Crippen LogP) is 1.13. The summed E-state index contributed by atoms with van der Waals surface area (Å²) in [5, 5.41) is 9.15. The number of thioether (sulfide) groups is 1. The van der Waals surface area contributed by atoms with E-state index in [1.807, 2.05) is 0 Å². The summed E-state index contributed by atoms with van der Waals surface area (Å²) < 4.78 is 4.94. The summed E-state index contributed by atoms with van der Waals surface area (Å²) in [6.07, 6.45) is 1.47. The van der Waals surface area contributed by atoms with Crippen LogP contribution in [0.1, 0.15) is 6.92 Å². The van der Waals surface area contributed by atoms with E-state index in [1.165, 1.54) is 13.2 Å². The number of carboxylic acids is 1. The lowest BCUT2D eigenvalue weighted by molar-refractivity contribution is -0.139. The Balaban J connectivity index is 2.69. The Labute approximate surface area is 73.7 Å². The zero-order valence-electron chi connectivity index (χ0n) is 6.48. The van der Waals surface area contributed by atoms with Gasteiger partial charge < -0.3 is 15.3 Å². The fraction of sp³-hybridized carbons (Fsp3) is 0.286. The van der Waals surface area contributed by atoms with E-state index < -0.39 is 10.8 Å². The topological polar surface area (TPSA) is 76.5 Å². The first-order valence-electron chi connectivity index (χ1n) is 3.27. The van der Waals surface area contributed by atoms with E-state index in [4.69, 9.17) is 15.3 Å². The van der Waals surface area contributed by atoms with Crippen LogP contribution >= 0.6 is 11.8 Å². The van der Waals surface area contributed by atoms with Crippen molar-refractivity contribution in [1.82, 2.24) is 0 Å².